The number of nitrogens with zero attached hydrogens (tertiary/aromatic N) is 1. The van der Waals surface area contributed by atoms with Crippen molar-refractivity contribution < 1.29 is 9.18 Å². The average Bonchev–Trinajstić information content (AvgIpc) is 2.56. The number of nitrogens with two attached hydrogens (primary N) is 1. The SMILES string of the molecule is N/C=C1/CC2(C=O)CNCCC2=CC1=Nc1ccc(F)cc1. The fourth-order valence-corrected chi connectivity index (χ4v) is 3.04. The summed E-state index contributed by atoms with van der Waals surface area (Å²) in [5.41, 5.74) is 8.58. The maximum absolute atomic E-state index is 13.0. The van der Waals surface area contributed by atoms with E-state index < -0.39 is 5.41 Å². The predicted molar refractivity (Wildman–Crippen MR) is 84.4 cm³/mol. The van der Waals surface area contributed by atoms with Gasteiger partial charge in [0.15, 0.2) is 0 Å². The molecule has 1 fully saturated rings. The molecule has 2 aliphatic rings. The molecule has 1 unspecified atom stereocenters. The number of aliphatic imine (C=N–C) groups is 1. The fraction of sp³-hybridized carbons (Fsp3) is 0.294. The van der Waals surface area contributed by atoms with Crippen LogP contribution in [0.4, 0.5) is 10.1 Å². The lowest BCUT2D eigenvalue weighted by molar-refractivity contribution is -0.114. The zero-order valence-corrected chi connectivity index (χ0v) is 12.2. The molecule has 0 amide bonds. The second kappa shape index (κ2) is 5.85. The van der Waals surface area contributed by atoms with Gasteiger partial charge in [0.2, 0.25) is 0 Å². The summed E-state index contributed by atoms with van der Waals surface area (Å²) in [7, 11) is 0. The van der Waals surface area contributed by atoms with Crippen molar-refractivity contribution in [3.63, 3.8) is 0 Å². The molecule has 1 atom stereocenters. The van der Waals surface area contributed by atoms with Gasteiger partial charge in [0, 0.05) is 6.54 Å². The van der Waals surface area contributed by atoms with Crippen LogP contribution in [-0.4, -0.2) is 25.1 Å². The Morgan fingerprint density at radius 1 is 1.32 bits per heavy atom. The third-order valence-corrected chi connectivity index (χ3v) is 4.30. The highest BCUT2D eigenvalue weighted by atomic mass is 19.1. The minimum absolute atomic E-state index is 0.293. The Bertz CT molecular complexity index is 676. The quantitative estimate of drug-likeness (QED) is 0.823. The topological polar surface area (TPSA) is 67.5 Å². The largest absolute Gasteiger partial charge is 0.404 e. The van der Waals surface area contributed by atoms with E-state index in [0.717, 1.165) is 36.1 Å². The van der Waals surface area contributed by atoms with E-state index in [1.807, 2.05) is 6.08 Å². The molecule has 3 N–H and O–H groups in total. The molecule has 4 nitrogen and oxygen atoms in total. The standard InChI is InChI=1S/C17H18FN3O/c18-14-1-3-15(4-2-14)21-16-7-13-5-6-20-10-17(13,11-22)8-12(16)9-19/h1-4,7,9,11,20H,5-6,8,10,19H2/b12-9-,21-16?. The monoisotopic (exact) mass is 299 g/mol. The molecule has 5 heteroatoms. The summed E-state index contributed by atoms with van der Waals surface area (Å²) in [6.45, 7) is 1.48. The van der Waals surface area contributed by atoms with Crippen LogP contribution in [0.15, 0.2) is 52.7 Å². The molecule has 0 radical (unpaired) electrons. The summed E-state index contributed by atoms with van der Waals surface area (Å²) in [5, 5.41) is 3.27. The Morgan fingerprint density at radius 2 is 2.09 bits per heavy atom. The first kappa shape index (κ1) is 14.7. The molecule has 1 saturated heterocycles. The van der Waals surface area contributed by atoms with Crippen LogP contribution in [0.5, 0.6) is 0 Å². The molecule has 0 bridgehead atoms. The summed E-state index contributed by atoms with van der Waals surface area (Å²) in [6, 6.07) is 6.00. The van der Waals surface area contributed by atoms with Crippen molar-refractivity contribution in [3.8, 4) is 0 Å². The van der Waals surface area contributed by atoms with Gasteiger partial charge in [0.1, 0.15) is 12.1 Å². The number of halogens is 1. The second-order valence-corrected chi connectivity index (χ2v) is 5.71. The van der Waals surface area contributed by atoms with E-state index in [-0.39, 0.29) is 5.82 Å². The van der Waals surface area contributed by atoms with Gasteiger partial charge >= 0.3 is 0 Å². The zero-order valence-electron chi connectivity index (χ0n) is 12.2. The van der Waals surface area contributed by atoms with Gasteiger partial charge in [-0.15, -0.1) is 0 Å². The molecule has 0 saturated carbocycles. The Hall–Kier alpha value is -2.27. The van der Waals surface area contributed by atoms with Crippen LogP contribution in [0.1, 0.15) is 12.8 Å². The molecule has 1 aliphatic heterocycles. The first-order valence-corrected chi connectivity index (χ1v) is 7.30. The third kappa shape index (κ3) is 2.60. The molecule has 3 rings (SSSR count). The molecular formula is C17H18FN3O. The molecule has 0 aromatic heterocycles. The van der Waals surface area contributed by atoms with Crippen LogP contribution in [-0.2, 0) is 4.79 Å². The van der Waals surface area contributed by atoms with Crippen LogP contribution in [0.25, 0.3) is 0 Å². The predicted octanol–water partition coefficient (Wildman–Crippen LogP) is 2.25. The van der Waals surface area contributed by atoms with E-state index in [1.165, 1.54) is 18.3 Å². The van der Waals surface area contributed by atoms with E-state index in [1.54, 1.807) is 12.1 Å². The fourth-order valence-electron chi connectivity index (χ4n) is 3.04. The Balaban J connectivity index is 2.03. The normalized spacial score (nSPS) is 28.3. The molecule has 0 spiro atoms. The maximum atomic E-state index is 13.0. The number of carbonyl (C=O) groups excluding carboxylic acids is 1. The number of benzene rings is 1. The van der Waals surface area contributed by atoms with Crippen molar-refractivity contribution in [2.24, 2.45) is 16.1 Å². The molecule has 22 heavy (non-hydrogen) atoms. The van der Waals surface area contributed by atoms with Crippen LogP contribution in [0, 0.1) is 11.2 Å². The first-order chi connectivity index (χ1) is 10.7. The molecule has 1 heterocycles. The molecule has 1 aromatic rings. The summed E-state index contributed by atoms with van der Waals surface area (Å²) < 4.78 is 13.0. The van der Waals surface area contributed by atoms with Crippen molar-refractivity contribution in [1.82, 2.24) is 5.32 Å². The Kier molecular flexibility index (Phi) is 3.90. The van der Waals surface area contributed by atoms with E-state index in [2.05, 4.69) is 10.3 Å². The lowest BCUT2D eigenvalue weighted by atomic mass is 9.68. The van der Waals surface area contributed by atoms with E-state index in [9.17, 15) is 9.18 Å². The van der Waals surface area contributed by atoms with Gasteiger partial charge in [-0.05, 0) is 61.5 Å². The number of aldehydes is 1. The number of hydrogen-bond acceptors (Lipinski definition) is 4. The van der Waals surface area contributed by atoms with Crippen LogP contribution in [0.2, 0.25) is 0 Å². The zero-order chi connectivity index (χ0) is 15.6. The van der Waals surface area contributed by atoms with Crippen LogP contribution < -0.4 is 11.1 Å². The van der Waals surface area contributed by atoms with E-state index in [4.69, 9.17) is 5.73 Å². The van der Waals surface area contributed by atoms with Gasteiger partial charge < -0.3 is 15.8 Å². The maximum Gasteiger partial charge on any atom is 0.131 e. The van der Waals surface area contributed by atoms with Gasteiger partial charge in [-0.25, -0.2) is 9.38 Å². The number of fused-ring (bicyclic) bond motifs is 1. The molecule has 1 aromatic carbocycles. The number of nitrogens with one attached hydrogen (secondary N) is 1. The highest BCUT2D eigenvalue weighted by Crippen LogP contribution is 2.40. The first-order valence-electron chi connectivity index (χ1n) is 7.30. The number of carbonyl (C=O) groups is 1. The Morgan fingerprint density at radius 3 is 2.77 bits per heavy atom. The number of hydrogen-bond donors (Lipinski definition) is 2. The lowest BCUT2D eigenvalue weighted by Gasteiger charge is -2.39. The molecule has 1 aliphatic carbocycles. The van der Waals surface area contributed by atoms with Crippen molar-refractivity contribution in [3.05, 3.63) is 53.5 Å². The summed E-state index contributed by atoms with van der Waals surface area (Å²) in [5.74, 6) is -0.293. The van der Waals surface area contributed by atoms with E-state index in [0.29, 0.717) is 18.7 Å². The van der Waals surface area contributed by atoms with Crippen molar-refractivity contribution in [2.75, 3.05) is 13.1 Å². The van der Waals surface area contributed by atoms with Crippen molar-refractivity contribution in [2.45, 2.75) is 12.8 Å². The minimum atomic E-state index is -0.509. The van der Waals surface area contributed by atoms with Crippen LogP contribution in [0.3, 0.4) is 0 Å². The summed E-state index contributed by atoms with van der Waals surface area (Å²) in [4.78, 5) is 16.2. The number of rotatable bonds is 2. The molecular weight excluding hydrogens is 281 g/mol. The number of allylic oxidation sites excluding steroid dienone is 2. The van der Waals surface area contributed by atoms with Crippen LogP contribution >= 0.6 is 0 Å². The van der Waals surface area contributed by atoms with Gasteiger partial charge in [-0.3, -0.25) is 0 Å². The van der Waals surface area contributed by atoms with Crippen molar-refractivity contribution >= 4 is 17.7 Å². The smallest absolute Gasteiger partial charge is 0.131 e. The van der Waals surface area contributed by atoms with Crippen molar-refractivity contribution in [1.29, 1.82) is 0 Å². The van der Waals surface area contributed by atoms with Gasteiger partial charge in [-0.1, -0.05) is 5.57 Å². The Labute approximate surface area is 128 Å². The van der Waals surface area contributed by atoms with E-state index >= 15 is 0 Å². The summed E-state index contributed by atoms with van der Waals surface area (Å²) in [6.07, 6.45) is 5.85. The second-order valence-electron chi connectivity index (χ2n) is 5.71. The van der Waals surface area contributed by atoms with Gasteiger partial charge in [-0.2, -0.15) is 0 Å². The third-order valence-electron chi connectivity index (χ3n) is 4.30. The summed E-state index contributed by atoms with van der Waals surface area (Å²) >= 11 is 0. The minimum Gasteiger partial charge on any atom is -0.404 e. The van der Waals surface area contributed by atoms with Gasteiger partial charge in [0.05, 0.1) is 16.8 Å². The molecule has 114 valence electrons. The average molecular weight is 299 g/mol. The number of piperidine rings is 1. The highest BCUT2D eigenvalue weighted by Gasteiger charge is 2.40. The van der Waals surface area contributed by atoms with Gasteiger partial charge in [0.25, 0.3) is 0 Å². The highest BCUT2D eigenvalue weighted by molar-refractivity contribution is 6.12. The lowest BCUT2D eigenvalue weighted by Crippen LogP contribution is -2.45.